The van der Waals surface area contributed by atoms with Gasteiger partial charge in [-0.2, -0.15) is 35.8 Å². The first-order valence-electron chi connectivity index (χ1n) is 9.20. The molecule has 0 saturated carbocycles. The van der Waals surface area contributed by atoms with E-state index in [0.717, 1.165) is 0 Å². The fourth-order valence-corrected chi connectivity index (χ4v) is 4.41. The quantitative estimate of drug-likeness (QED) is 0.0819. The third-order valence-electron chi connectivity index (χ3n) is 4.04. The minimum atomic E-state index is -6.48. The van der Waals surface area contributed by atoms with Gasteiger partial charge in [0.05, 0.1) is 22.0 Å². The zero-order valence-electron chi connectivity index (χ0n) is 17.0. The Morgan fingerprint density at radius 3 is 2.24 bits per heavy atom. The second kappa shape index (κ2) is 11.3. The summed E-state index contributed by atoms with van der Waals surface area (Å²) in [6, 6.07) is 3.63. The topological polar surface area (TPSA) is 59.9 Å². The van der Waals surface area contributed by atoms with Crippen LogP contribution in [0, 0.1) is 7.14 Å². The van der Waals surface area contributed by atoms with Gasteiger partial charge in [-0.05, 0) is 81.9 Å². The number of alkyl halides is 7. The Labute approximate surface area is 216 Å². The van der Waals surface area contributed by atoms with Crippen molar-refractivity contribution in [2.24, 2.45) is 5.10 Å². The van der Waals surface area contributed by atoms with Crippen molar-refractivity contribution in [2.75, 3.05) is 6.61 Å². The molecule has 0 saturated heterocycles. The average Bonchev–Trinajstić information content (AvgIpc) is 2.72. The summed E-state index contributed by atoms with van der Waals surface area (Å²) >= 11 is 3.77. The number of halogens is 9. The van der Waals surface area contributed by atoms with Crippen LogP contribution in [0.15, 0.2) is 41.5 Å². The zero-order valence-corrected chi connectivity index (χ0v) is 21.3. The maximum absolute atomic E-state index is 13.4. The van der Waals surface area contributed by atoms with Crippen molar-refractivity contribution < 1.29 is 45.0 Å². The maximum atomic E-state index is 13.4. The van der Waals surface area contributed by atoms with E-state index in [1.54, 1.807) is 25.1 Å². The van der Waals surface area contributed by atoms with Crippen molar-refractivity contribution in [3.8, 4) is 5.75 Å². The molecule has 186 valence electrons. The van der Waals surface area contributed by atoms with Gasteiger partial charge in [-0.1, -0.05) is 12.1 Å². The standard InChI is InChI=1S/C20H15F7I2N2O3/c1-2-33-17(32)12-5-3-11(4-6-12)10-34-16-13(7-14(28)8-15(16)29)9-30-31-20(26,27)18(21,22)19(23,24)25/h3-9,31H,2,10H2,1H3/b30-9-. The molecule has 0 radical (unpaired) electrons. The van der Waals surface area contributed by atoms with Crippen LogP contribution in [0.2, 0.25) is 0 Å². The molecule has 0 aliphatic rings. The van der Waals surface area contributed by atoms with Crippen LogP contribution in [0.3, 0.4) is 0 Å². The lowest BCUT2D eigenvalue weighted by Gasteiger charge is -2.27. The first-order chi connectivity index (χ1) is 15.7. The lowest BCUT2D eigenvalue weighted by Crippen LogP contribution is -2.58. The summed E-state index contributed by atoms with van der Waals surface area (Å²) in [7, 11) is 0. The molecular weight excluding hydrogens is 703 g/mol. The lowest BCUT2D eigenvalue weighted by atomic mass is 10.1. The minimum absolute atomic E-state index is 0.0315. The highest BCUT2D eigenvalue weighted by Crippen LogP contribution is 2.45. The van der Waals surface area contributed by atoms with Crippen LogP contribution in [0.25, 0.3) is 0 Å². The molecule has 5 nitrogen and oxygen atoms in total. The van der Waals surface area contributed by atoms with E-state index in [0.29, 0.717) is 29.9 Å². The van der Waals surface area contributed by atoms with Crippen LogP contribution in [-0.4, -0.2) is 36.9 Å². The van der Waals surface area contributed by atoms with Gasteiger partial charge in [0.25, 0.3) is 0 Å². The predicted octanol–water partition coefficient (Wildman–Crippen LogP) is 6.37. The van der Waals surface area contributed by atoms with Gasteiger partial charge < -0.3 is 9.47 Å². The molecule has 2 aromatic rings. The Bertz CT molecular complexity index is 1050. The smallest absolute Gasteiger partial charge is 0.462 e. The van der Waals surface area contributed by atoms with Gasteiger partial charge in [-0.3, -0.25) is 0 Å². The second-order valence-electron chi connectivity index (χ2n) is 6.53. The number of benzene rings is 2. The molecule has 0 aromatic heterocycles. The van der Waals surface area contributed by atoms with E-state index in [9.17, 15) is 35.5 Å². The Morgan fingerprint density at radius 1 is 1.06 bits per heavy atom. The van der Waals surface area contributed by atoms with Gasteiger partial charge in [0.1, 0.15) is 12.4 Å². The van der Waals surface area contributed by atoms with Crippen molar-refractivity contribution in [1.82, 2.24) is 5.43 Å². The van der Waals surface area contributed by atoms with Crippen molar-refractivity contribution in [1.29, 1.82) is 0 Å². The summed E-state index contributed by atoms with van der Waals surface area (Å²) in [6.45, 7) is 1.85. The lowest BCUT2D eigenvalue weighted by molar-refractivity contribution is -0.361. The molecule has 1 N–H and O–H groups in total. The highest BCUT2D eigenvalue weighted by Gasteiger charge is 2.73. The summed E-state index contributed by atoms with van der Waals surface area (Å²) in [5.41, 5.74) is 1.59. The molecule has 0 atom stereocenters. The summed E-state index contributed by atoms with van der Waals surface area (Å²) in [5, 5.41) is 2.90. The number of hydrazone groups is 1. The molecule has 0 heterocycles. The highest BCUT2D eigenvalue weighted by atomic mass is 127. The number of nitrogens with zero attached hydrogens (tertiary/aromatic N) is 1. The van der Waals surface area contributed by atoms with Crippen LogP contribution in [-0.2, 0) is 11.3 Å². The predicted molar refractivity (Wildman–Crippen MR) is 125 cm³/mol. The number of carbonyl (C=O) groups excluding carboxylic acids is 1. The fraction of sp³-hybridized carbons (Fsp3) is 0.300. The van der Waals surface area contributed by atoms with Crippen LogP contribution in [0.1, 0.15) is 28.4 Å². The van der Waals surface area contributed by atoms with Crippen LogP contribution in [0.5, 0.6) is 5.75 Å². The number of nitrogens with one attached hydrogen (secondary N) is 1. The molecular formula is C20H15F7I2N2O3. The molecule has 2 rings (SSSR count). The van der Waals surface area contributed by atoms with Gasteiger partial charge in [-0.25, -0.2) is 10.2 Å². The summed E-state index contributed by atoms with van der Waals surface area (Å²) in [6.07, 6.45) is -5.82. The highest BCUT2D eigenvalue weighted by molar-refractivity contribution is 14.1. The van der Waals surface area contributed by atoms with Crippen LogP contribution in [0.4, 0.5) is 30.7 Å². The molecule has 2 aromatic carbocycles. The van der Waals surface area contributed by atoms with E-state index in [1.165, 1.54) is 18.2 Å². The number of rotatable bonds is 9. The number of hydrogen-bond acceptors (Lipinski definition) is 5. The van der Waals surface area contributed by atoms with E-state index in [1.807, 2.05) is 45.2 Å². The zero-order chi connectivity index (χ0) is 25.7. The van der Waals surface area contributed by atoms with Crippen molar-refractivity contribution in [2.45, 2.75) is 31.7 Å². The van der Waals surface area contributed by atoms with E-state index < -0.39 is 24.1 Å². The molecule has 0 aliphatic heterocycles. The van der Waals surface area contributed by atoms with Crippen molar-refractivity contribution in [3.63, 3.8) is 0 Å². The molecule has 14 heteroatoms. The third kappa shape index (κ3) is 6.85. The van der Waals surface area contributed by atoms with Gasteiger partial charge in [0.15, 0.2) is 0 Å². The Morgan fingerprint density at radius 2 is 1.68 bits per heavy atom. The summed E-state index contributed by atoms with van der Waals surface area (Å²) in [4.78, 5) is 11.7. The maximum Gasteiger partial charge on any atom is 0.462 e. The SMILES string of the molecule is CCOC(=O)c1ccc(COc2c(I)cc(I)cc2/C=N\NC(F)(F)C(F)(F)C(F)(F)F)cc1. The Hall–Kier alpha value is -1.85. The Balaban J connectivity index is 2.19. The fourth-order valence-electron chi connectivity index (χ4n) is 2.37. The van der Waals surface area contributed by atoms with E-state index >= 15 is 0 Å². The van der Waals surface area contributed by atoms with Crippen molar-refractivity contribution in [3.05, 3.63) is 60.2 Å². The van der Waals surface area contributed by atoms with Crippen LogP contribution >= 0.6 is 45.2 Å². The first kappa shape index (κ1) is 28.4. The Kier molecular flexibility index (Phi) is 9.40. The second-order valence-corrected chi connectivity index (χ2v) is 8.94. The van der Waals surface area contributed by atoms with Gasteiger partial charge in [0.2, 0.25) is 0 Å². The van der Waals surface area contributed by atoms with Gasteiger partial charge >= 0.3 is 24.1 Å². The molecule has 0 amide bonds. The number of ether oxygens (including phenoxy) is 2. The molecule has 0 spiro atoms. The molecule has 0 aliphatic carbocycles. The molecule has 0 fully saturated rings. The van der Waals surface area contributed by atoms with Gasteiger partial charge in [0, 0.05) is 9.13 Å². The average molecular weight is 718 g/mol. The number of hydrogen-bond donors (Lipinski definition) is 1. The number of carbonyl (C=O) groups is 1. The van der Waals surface area contributed by atoms with Gasteiger partial charge in [-0.15, -0.1) is 0 Å². The van der Waals surface area contributed by atoms with Crippen LogP contribution < -0.4 is 10.2 Å². The largest absolute Gasteiger partial charge is 0.487 e. The van der Waals surface area contributed by atoms with E-state index in [2.05, 4.69) is 5.10 Å². The van der Waals surface area contributed by atoms with Crippen molar-refractivity contribution >= 4 is 57.4 Å². The third-order valence-corrected chi connectivity index (χ3v) is 5.47. The minimum Gasteiger partial charge on any atom is -0.487 e. The summed E-state index contributed by atoms with van der Waals surface area (Å²) in [5.74, 6) is -6.71. The summed E-state index contributed by atoms with van der Waals surface area (Å²) < 4.78 is 101. The molecule has 0 bridgehead atoms. The van der Waals surface area contributed by atoms with E-state index in [4.69, 9.17) is 9.47 Å². The number of esters is 1. The first-order valence-corrected chi connectivity index (χ1v) is 11.4. The normalized spacial score (nSPS) is 12.6. The monoisotopic (exact) mass is 718 g/mol. The molecule has 0 unspecified atom stereocenters. The molecule has 34 heavy (non-hydrogen) atoms. The van der Waals surface area contributed by atoms with E-state index in [-0.39, 0.29) is 24.5 Å².